The third-order valence-corrected chi connectivity index (χ3v) is 11.1. The van der Waals surface area contributed by atoms with Gasteiger partial charge in [-0.3, -0.25) is 9.59 Å². The molecule has 3 aliphatic rings. The maximum atomic E-state index is 13.5. The van der Waals surface area contributed by atoms with E-state index < -0.39 is 23.0 Å². The Balaban J connectivity index is 1.62. The molecule has 3 saturated carbocycles. The molecule has 0 radical (unpaired) electrons. The Morgan fingerprint density at radius 1 is 1.28 bits per heavy atom. The van der Waals surface area contributed by atoms with Crippen molar-refractivity contribution in [3.05, 3.63) is 37.2 Å². The number of hydrogen-bond acceptors (Lipinski definition) is 6. The highest BCUT2D eigenvalue weighted by Gasteiger charge is 2.68. The fourth-order valence-electron chi connectivity index (χ4n) is 7.61. The van der Waals surface area contributed by atoms with Gasteiger partial charge < -0.3 is 14.6 Å². The Bertz CT molecular complexity index is 998. The molecule has 6 nitrogen and oxygen atoms in total. The molecule has 1 aromatic rings. The normalized spacial score (nSPS) is 40.2. The molecule has 8 atom stereocenters. The summed E-state index contributed by atoms with van der Waals surface area (Å²) in [5.41, 5.74) is -1.36. The van der Waals surface area contributed by atoms with Gasteiger partial charge in [0.15, 0.2) is 12.4 Å². The number of carbonyl (C=O) groups is 2. The summed E-state index contributed by atoms with van der Waals surface area (Å²) < 4.78 is 13.4. The van der Waals surface area contributed by atoms with E-state index in [-0.39, 0.29) is 40.7 Å². The van der Waals surface area contributed by atoms with Crippen LogP contribution in [-0.2, 0) is 25.8 Å². The highest BCUT2D eigenvalue weighted by molar-refractivity contribution is 8.00. The van der Waals surface area contributed by atoms with Crippen molar-refractivity contribution in [2.45, 2.75) is 83.6 Å². The number of pyridine rings is 1. The topological polar surface area (TPSA) is 76.7 Å². The van der Waals surface area contributed by atoms with E-state index in [4.69, 9.17) is 9.47 Å². The number of Topliss-reactive ketones (excluding diaryl/α,β-unsaturated/α-hetero) is 1. The van der Waals surface area contributed by atoms with Gasteiger partial charge in [0.25, 0.3) is 6.73 Å². The van der Waals surface area contributed by atoms with Crippen molar-refractivity contribution in [1.82, 2.24) is 0 Å². The van der Waals surface area contributed by atoms with Gasteiger partial charge in [-0.2, -0.15) is 4.57 Å². The minimum Gasteiger partial charge on any atom is -0.461 e. The van der Waals surface area contributed by atoms with E-state index in [9.17, 15) is 14.7 Å². The molecular weight excluding hydrogens is 474 g/mol. The van der Waals surface area contributed by atoms with Gasteiger partial charge in [0.2, 0.25) is 0 Å². The zero-order valence-electron chi connectivity index (χ0n) is 22.4. The number of thioether (sulfide) groups is 1. The van der Waals surface area contributed by atoms with E-state index in [2.05, 4.69) is 27.4 Å². The van der Waals surface area contributed by atoms with Crippen molar-refractivity contribution >= 4 is 23.5 Å². The third kappa shape index (κ3) is 4.45. The number of methoxy groups -OCH3 is 1. The number of nitrogens with zero attached hydrogens (tertiary/aromatic N) is 1. The van der Waals surface area contributed by atoms with E-state index in [0.717, 1.165) is 24.2 Å². The standard InChI is InChI=1S/C29H42NO5S/c1-7-27(4)16-23(35-24(32)17-36-21-10-14-30(15-11-21)18-34-6)28(5)19(2)8-12-29(20(3)26(27)33)13-9-22(31)25(28)29/h7,10-11,14-15,19-20,23,25-26,33H,1,8-9,12-13,16-18H2,2-6H3/q+1/t19-,20+,23-,25+,26+,27-,28+,29+/m1/s1. The van der Waals surface area contributed by atoms with E-state index >= 15 is 0 Å². The molecule has 3 fully saturated rings. The number of ketones is 1. The van der Waals surface area contributed by atoms with Gasteiger partial charge in [-0.25, -0.2) is 0 Å². The Morgan fingerprint density at radius 2 is 1.97 bits per heavy atom. The molecule has 36 heavy (non-hydrogen) atoms. The second-order valence-corrected chi connectivity index (χ2v) is 12.9. The molecular formula is C29H42NO5S+. The van der Waals surface area contributed by atoms with Crippen molar-refractivity contribution in [1.29, 1.82) is 0 Å². The fourth-order valence-corrected chi connectivity index (χ4v) is 8.28. The van der Waals surface area contributed by atoms with Crippen LogP contribution in [0.15, 0.2) is 42.1 Å². The van der Waals surface area contributed by atoms with Crippen LogP contribution in [0.5, 0.6) is 0 Å². The lowest BCUT2D eigenvalue weighted by Crippen LogP contribution is -2.63. The Hall–Kier alpha value is -1.70. The van der Waals surface area contributed by atoms with Gasteiger partial charge in [-0.15, -0.1) is 18.3 Å². The summed E-state index contributed by atoms with van der Waals surface area (Å²) in [6, 6.07) is 3.91. The molecule has 1 aromatic heterocycles. The predicted octanol–water partition coefficient (Wildman–Crippen LogP) is 4.58. The number of carbonyl (C=O) groups excluding carboxylic acids is 2. The predicted molar refractivity (Wildman–Crippen MR) is 139 cm³/mol. The summed E-state index contributed by atoms with van der Waals surface area (Å²) >= 11 is 1.44. The van der Waals surface area contributed by atoms with Gasteiger partial charge in [-0.05, 0) is 42.9 Å². The van der Waals surface area contributed by atoms with E-state index in [1.807, 2.05) is 42.1 Å². The Kier molecular flexibility index (Phi) is 7.76. The summed E-state index contributed by atoms with van der Waals surface area (Å²) in [5, 5.41) is 11.6. The molecule has 1 heterocycles. The number of aliphatic hydroxyl groups is 1. The third-order valence-electron chi connectivity index (χ3n) is 10.1. The summed E-state index contributed by atoms with van der Waals surface area (Å²) in [6.07, 6.45) is 8.25. The number of esters is 1. The van der Waals surface area contributed by atoms with Crippen LogP contribution in [-0.4, -0.2) is 41.9 Å². The molecule has 3 aliphatic carbocycles. The molecule has 0 unspecified atom stereocenters. The second kappa shape index (κ2) is 10.2. The smallest absolute Gasteiger partial charge is 0.316 e. The van der Waals surface area contributed by atoms with Crippen LogP contribution >= 0.6 is 11.8 Å². The van der Waals surface area contributed by atoms with Crippen LogP contribution < -0.4 is 4.57 Å². The quantitative estimate of drug-likeness (QED) is 0.248. The monoisotopic (exact) mass is 516 g/mol. The lowest BCUT2D eigenvalue weighted by atomic mass is 9.44. The molecule has 2 bridgehead atoms. The van der Waals surface area contributed by atoms with Crippen LogP contribution in [0.25, 0.3) is 0 Å². The van der Waals surface area contributed by atoms with E-state index in [0.29, 0.717) is 19.6 Å². The molecule has 0 aliphatic heterocycles. The minimum atomic E-state index is -0.653. The van der Waals surface area contributed by atoms with Crippen molar-refractivity contribution in [3.8, 4) is 0 Å². The molecule has 0 amide bonds. The molecule has 0 aromatic carbocycles. The minimum absolute atomic E-state index is 0.0325. The summed E-state index contributed by atoms with van der Waals surface area (Å²) in [6.45, 7) is 13.1. The van der Waals surface area contributed by atoms with Crippen molar-refractivity contribution in [2.24, 2.45) is 34.0 Å². The number of rotatable bonds is 7. The second-order valence-electron chi connectivity index (χ2n) is 11.8. The van der Waals surface area contributed by atoms with Crippen LogP contribution in [0, 0.1) is 34.0 Å². The lowest BCUT2D eigenvalue weighted by Gasteiger charge is -2.61. The molecule has 7 heteroatoms. The van der Waals surface area contributed by atoms with E-state index in [1.54, 1.807) is 7.11 Å². The zero-order chi connectivity index (χ0) is 26.3. The molecule has 198 valence electrons. The largest absolute Gasteiger partial charge is 0.461 e. The van der Waals surface area contributed by atoms with Crippen LogP contribution in [0.4, 0.5) is 0 Å². The molecule has 0 spiro atoms. The highest BCUT2D eigenvalue weighted by atomic mass is 32.2. The first-order valence-electron chi connectivity index (χ1n) is 13.2. The van der Waals surface area contributed by atoms with Crippen molar-refractivity contribution in [3.63, 3.8) is 0 Å². The van der Waals surface area contributed by atoms with Crippen LogP contribution in [0.1, 0.15) is 59.8 Å². The van der Waals surface area contributed by atoms with Gasteiger partial charge >= 0.3 is 5.97 Å². The molecule has 4 rings (SSSR count). The number of aromatic nitrogens is 1. The zero-order valence-corrected chi connectivity index (χ0v) is 23.2. The number of hydrogen-bond donors (Lipinski definition) is 1. The van der Waals surface area contributed by atoms with Crippen LogP contribution in [0.2, 0.25) is 0 Å². The van der Waals surface area contributed by atoms with E-state index in [1.165, 1.54) is 11.8 Å². The first kappa shape index (κ1) is 27.3. The summed E-state index contributed by atoms with van der Waals surface area (Å²) in [7, 11) is 1.65. The van der Waals surface area contributed by atoms with Gasteiger partial charge in [0, 0.05) is 47.3 Å². The van der Waals surface area contributed by atoms with Crippen LogP contribution in [0.3, 0.4) is 0 Å². The number of aliphatic hydroxyl groups excluding tert-OH is 1. The molecule has 1 N–H and O–H groups in total. The first-order chi connectivity index (χ1) is 17.0. The van der Waals surface area contributed by atoms with Gasteiger partial charge in [-0.1, -0.05) is 33.8 Å². The fraction of sp³-hybridized carbons (Fsp3) is 0.690. The van der Waals surface area contributed by atoms with Crippen molar-refractivity contribution in [2.75, 3.05) is 12.9 Å². The Morgan fingerprint density at radius 3 is 2.61 bits per heavy atom. The first-order valence-corrected chi connectivity index (χ1v) is 14.1. The Labute approximate surface area is 219 Å². The number of ether oxygens (including phenoxy) is 2. The SMILES string of the molecule is C=C[C@]1(C)C[C@@H](OC(=O)CSc2cc[n+](COC)cc2)[C@]2(C)[C@H](C)CC[C@]3(CCC(=O)[C@H]32)[C@@H](C)[C@@H]1O. The van der Waals surface area contributed by atoms with Gasteiger partial charge in [0.1, 0.15) is 11.9 Å². The van der Waals surface area contributed by atoms with Crippen molar-refractivity contribution < 1.29 is 28.7 Å². The van der Waals surface area contributed by atoms with Gasteiger partial charge in [0.05, 0.1) is 11.9 Å². The maximum Gasteiger partial charge on any atom is 0.316 e. The average Bonchev–Trinajstić information content (AvgIpc) is 3.22. The molecule has 0 saturated heterocycles. The summed E-state index contributed by atoms with van der Waals surface area (Å²) in [4.78, 5) is 27.7. The maximum absolute atomic E-state index is 13.5. The lowest BCUT2D eigenvalue weighted by molar-refractivity contribution is -0.731. The highest BCUT2D eigenvalue weighted by Crippen LogP contribution is 2.68. The summed E-state index contributed by atoms with van der Waals surface area (Å²) in [5.74, 6) is 0.157. The average molecular weight is 517 g/mol.